The Kier molecular flexibility index (Phi) is 6.09. The van der Waals surface area contributed by atoms with Crippen LogP contribution in [-0.4, -0.2) is 26.2 Å². The summed E-state index contributed by atoms with van der Waals surface area (Å²) < 4.78 is 18.8. The number of rotatable bonds is 2. The smallest absolute Gasteiger partial charge is 0.347 e. The van der Waals surface area contributed by atoms with Crippen molar-refractivity contribution in [3.8, 4) is 22.6 Å². The summed E-state index contributed by atoms with van der Waals surface area (Å²) in [5, 5.41) is 1.80. The minimum atomic E-state index is -0.446. The van der Waals surface area contributed by atoms with Crippen LogP contribution in [0.15, 0.2) is 59.2 Å². The van der Waals surface area contributed by atoms with Crippen molar-refractivity contribution in [3.63, 3.8) is 0 Å². The van der Waals surface area contributed by atoms with Gasteiger partial charge in [-0.05, 0) is 94.9 Å². The first kappa shape index (κ1) is 30.8. The summed E-state index contributed by atoms with van der Waals surface area (Å²) in [6.45, 7) is 22.3. The first-order chi connectivity index (χ1) is 23.1. The van der Waals surface area contributed by atoms with Crippen molar-refractivity contribution in [2.45, 2.75) is 103 Å². The Morgan fingerprint density at radius 3 is 1.27 bits per heavy atom. The van der Waals surface area contributed by atoms with Gasteiger partial charge >= 0.3 is 11.3 Å². The molecule has 0 saturated heterocycles. The van der Waals surface area contributed by atoms with Crippen LogP contribution in [0.4, 0.5) is 11.4 Å². The van der Waals surface area contributed by atoms with Crippen LogP contribution in [-0.2, 0) is 21.7 Å². The molecule has 0 radical (unpaired) electrons. The Morgan fingerprint density at radius 2 is 0.878 bits per heavy atom. The molecule has 254 valence electrons. The van der Waals surface area contributed by atoms with E-state index in [4.69, 9.17) is 13.3 Å². The molecule has 9 rings (SSSR count). The predicted molar refractivity (Wildman–Crippen MR) is 197 cm³/mol. The highest BCUT2D eigenvalue weighted by Gasteiger charge is 2.43. The number of nitrogens with zero attached hydrogens (tertiary/aromatic N) is 2. The predicted octanol–water partition coefficient (Wildman–Crippen LogP) is 9.16. The number of hydrogen-bond donors (Lipinski definition) is 0. The van der Waals surface area contributed by atoms with Gasteiger partial charge in [-0.2, -0.15) is 0 Å². The normalized spacial score (nSPS) is 21.1. The molecular formula is C42H46N2O5. The van der Waals surface area contributed by atoms with Crippen LogP contribution in [0.25, 0.3) is 44.6 Å². The van der Waals surface area contributed by atoms with Crippen molar-refractivity contribution in [1.29, 1.82) is 0 Å². The maximum absolute atomic E-state index is 13.7. The van der Waals surface area contributed by atoms with Crippen molar-refractivity contribution >= 4 is 33.3 Å². The molecule has 3 aromatic heterocycles. The monoisotopic (exact) mass is 658 g/mol. The molecule has 5 aromatic rings. The Bertz CT molecular complexity index is 2200. The van der Waals surface area contributed by atoms with E-state index in [1.165, 1.54) is 22.5 Å². The second-order valence-electron chi connectivity index (χ2n) is 17.7. The highest BCUT2D eigenvalue weighted by molar-refractivity contribution is 5.94. The van der Waals surface area contributed by atoms with Gasteiger partial charge in [-0.1, -0.05) is 55.4 Å². The van der Waals surface area contributed by atoms with E-state index in [1.807, 2.05) is 12.1 Å². The molecule has 7 heteroatoms. The summed E-state index contributed by atoms with van der Waals surface area (Å²) in [7, 11) is 0. The van der Waals surface area contributed by atoms with Crippen molar-refractivity contribution < 1.29 is 13.3 Å². The summed E-state index contributed by atoms with van der Waals surface area (Å²) in [4.78, 5) is 32.4. The third kappa shape index (κ3) is 4.32. The van der Waals surface area contributed by atoms with E-state index in [0.717, 1.165) is 73.8 Å². The lowest BCUT2D eigenvalue weighted by molar-refractivity contribution is 0.398. The molecule has 0 spiro atoms. The fourth-order valence-electron chi connectivity index (χ4n) is 9.27. The molecule has 2 aromatic carbocycles. The van der Waals surface area contributed by atoms with Gasteiger partial charge < -0.3 is 23.1 Å². The molecule has 4 aliphatic rings. The maximum atomic E-state index is 13.7. The molecule has 0 bridgehead atoms. The molecule has 0 saturated carbocycles. The Hall–Kier alpha value is -4.26. The van der Waals surface area contributed by atoms with Crippen molar-refractivity contribution in [3.05, 3.63) is 79.5 Å². The average molecular weight is 659 g/mol. The number of benzene rings is 2. The topological polar surface area (TPSA) is 80.0 Å². The molecule has 7 heterocycles. The lowest BCUT2D eigenvalue weighted by Crippen LogP contribution is -2.44. The zero-order valence-electron chi connectivity index (χ0n) is 30.1. The molecular weight excluding hydrogens is 612 g/mol. The van der Waals surface area contributed by atoms with Crippen molar-refractivity contribution in [2.24, 2.45) is 0 Å². The van der Waals surface area contributed by atoms with Crippen LogP contribution in [0.2, 0.25) is 0 Å². The standard InChI is InChI=1S/C42H46N2O5/c1-39(2)11-15-43-17-13-41(5,6)31-33(43)27(39)21-23-19-25(37(45)48-35(23)31)29-9-10-30(47-29)26-20-24-22-28-34-32(36(24)49-38(26)46)42(7,8)14-18-44(34)16-12-40(28,3)4/h9-10,19-22H,11-18H2,1-8H3. The first-order valence-corrected chi connectivity index (χ1v) is 18.0. The molecule has 0 N–H and O–H groups in total. The minimum Gasteiger partial charge on any atom is -0.456 e. The number of fused-ring (bicyclic) bond motifs is 4. The number of anilines is 2. The molecule has 0 unspecified atom stereocenters. The Labute approximate surface area is 286 Å². The Morgan fingerprint density at radius 1 is 0.510 bits per heavy atom. The third-order valence-corrected chi connectivity index (χ3v) is 12.6. The molecule has 0 atom stereocenters. The summed E-state index contributed by atoms with van der Waals surface area (Å²) in [6, 6.07) is 11.8. The highest BCUT2D eigenvalue weighted by atomic mass is 16.4. The zero-order chi connectivity index (χ0) is 34.4. The van der Waals surface area contributed by atoms with Crippen LogP contribution in [0, 0.1) is 0 Å². The van der Waals surface area contributed by atoms with E-state index in [9.17, 15) is 9.59 Å². The SMILES string of the molecule is CC1(C)CCN2CCC(C)(C)c3c2c1cc1cc(-c2ccc(-c4cc5cc6c7c(c5oc4=O)C(C)(C)CCN7CCC6(C)C)o2)c(=O)oc31. The minimum absolute atomic E-state index is 0.000891. The molecule has 49 heavy (non-hydrogen) atoms. The average Bonchev–Trinajstić information content (AvgIpc) is 3.51. The third-order valence-electron chi connectivity index (χ3n) is 12.6. The van der Waals surface area contributed by atoms with E-state index in [0.29, 0.717) is 33.8 Å². The lowest BCUT2D eigenvalue weighted by atomic mass is 9.69. The fraction of sp³-hybridized carbons (Fsp3) is 0.476. The summed E-state index contributed by atoms with van der Waals surface area (Å²) >= 11 is 0. The van der Waals surface area contributed by atoms with Crippen molar-refractivity contribution in [2.75, 3.05) is 36.0 Å². The van der Waals surface area contributed by atoms with Crippen LogP contribution >= 0.6 is 0 Å². The van der Waals surface area contributed by atoms with Gasteiger partial charge in [0.25, 0.3) is 0 Å². The fourth-order valence-corrected chi connectivity index (χ4v) is 9.27. The maximum Gasteiger partial charge on any atom is 0.347 e. The van der Waals surface area contributed by atoms with Crippen molar-refractivity contribution in [1.82, 2.24) is 0 Å². The molecule has 7 nitrogen and oxygen atoms in total. The Balaban J connectivity index is 1.19. The number of furan rings is 1. The van der Waals surface area contributed by atoms with Gasteiger partial charge in [0.2, 0.25) is 0 Å². The molecule has 4 aliphatic heterocycles. The second-order valence-corrected chi connectivity index (χ2v) is 17.7. The van der Waals surface area contributed by atoms with Crippen LogP contribution in [0.1, 0.15) is 103 Å². The number of hydrogen-bond acceptors (Lipinski definition) is 7. The van der Waals surface area contributed by atoms with Gasteiger partial charge in [-0.25, -0.2) is 9.59 Å². The van der Waals surface area contributed by atoms with E-state index < -0.39 is 11.3 Å². The molecule has 0 aliphatic carbocycles. The van der Waals surface area contributed by atoms with Gasteiger partial charge in [0.15, 0.2) is 0 Å². The quantitative estimate of drug-likeness (QED) is 0.175. The van der Waals surface area contributed by atoms with Gasteiger partial charge in [0, 0.05) is 59.5 Å². The first-order valence-electron chi connectivity index (χ1n) is 18.0. The second kappa shape index (κ2) is 9.70. The van der Waals surface area contributed by atoms with E-state index in [1.54, 1.807) is 12.1 Å². The summed E-state index contributed by atoms with van der Waals surface area (Å²) in [5.41, 5.74) is 8.23. The van der Waals surface area contributed by atoms with Gasteiger partial charge in [-0.15, -0.1) is 0 Å². The van der Waals surface area contributed by atoms with Crippen LogP contribution in [0.3, 0.4) is 0 Å². The van der Waals surface area contributed by atoms with Crippen LogP contribution < -0.4 is 21.1 Å². The zero-order valence-corrected chi connectivity index (χ0v) is 30.1. The lowest BCUT2D eigenvalue weighted by Gasteiger charge is -2.48. The molecule has 0 fully saturated rings. The largest absolute Gasteiger partial charge is 0.456 e. The van der Waals surface area contributed by atoms with E-state index in [-0.39, 0.29) is 21.7 Å². The summed E-state index contributed by atoms with van der Waals surface area (Å²) in [6.07, 6.45) is 4.14. The van der Waals surface area contributed by atoms with Gasteiger partial charge in [0.1, 0.15) is 33.8 Å². The van der Waals surface area contributed by atoms with E-state index in [2.05, 4.69) is 77.3 Å². The van der Waals surface area contributed by atoms with Crippen LogP contribution in [0.5, 0.6) is 0 Å². The van der Waals surface area contributed by atoms with Gasteiger partial charge in [0.05, 0.1) is 0 Å². The molecule has 0 amide bonds. The van der Waals surface area contributed by atoms with E-state index >= 15 is 0 Å². The van der Waals surface area contributed by atoms with Gasteiger partial charge in [-0.3, -0.25) is 0 Å². The summed E-state index contributed by atoms with van der Waals surface area (Å²) in [5.74, 6) is 0.741. The highest BCUT2D eigenvalue weighted by Crippen LogP contribution is 2.53.